The van der Waals surface area contributed by atoms with Crippen LogP contribution in [0, 0.1) is 13.8 Å². The summed E-state index contributed by atoms with van der Waals surface area (Å²) in [5.41, 5.74) is 4.59. The summed E-state index contributed by atoms with van der Waals surface area (Å²) in [6.45, 7) is 5.65. The highest BCUT2D eigenvalue weighted by molar-refractivity contribution is 5.98. The molecule has 0 aromatic heterocycles. The van der Waals surface area contributed by atoms with Crippen molar-refractivity contribution in [3.8, 4) is 0 Å². The summed E-state index contributed by atoms with van der Waals surface area (Å²) in [7, 11) is 0. The van der Waals surface area contributed by atoms with Gasteiger partial charge in [0.25, 0.3) is 5.91 Å². The molecule has 0 bridgehead atoms. The molecule has 4 nitrogen and oxygen atoms in total. The van der Waals surface area contributed by atoms with Crippen molar-refractivity contribution in [2.24, 2.45) is 5.16 Å². The summed E-state index contributed by atoms with van der Waals surface area (Å²) in [4.78, 5) is 17.1. The minimum Gasteiger partial charge on any atom is -0.385 e. The van der Waals surface area contributed by atoms with Gasteiger partial charge in [0, 0.05) is 5.69 Å². The Labute approximate surface area is 130 Å². The highest BCUT2D eigenvalue weighted by Crippen LogP contribution is 2.19. The number of para-hydroxylation sites is 1. The molecule has 1 amide bonds. The van der Waals surface area contributed by atoms with Crippen molar-refractivity contribution >= 4 is 17.3 Å². The Bertz CT molecular complexity index is 658. The van der Waals surface area contributed by atoms with E-state index in [1.54, 1.807) is 0 Å². The molecule has 0 aliphatic rings. The molecule has 0 aliphatic heterocycles. The Morgan fingerprint density at radius 2 is 1.68 bits per heavy atom. The Balaban J connectivity index is 1.91. The van der Waals surface area contributed by atoms with Gasteiger partial charge in [-0.2, -0.15) is 0 Å². The topological polar surface area (TPSA) is 50.7 Å². The normalized spacial score (nSPS) is 11.1. The fraction of sp³-hybridized carbons (Fsp3) is 0.222. The van der Waals surface area contributed by atoms with Crippen LogP contribution in [-0.4, -0.2) is 18.2 Å². The van der Waals surface area contributed by atoms with Gasteiger partial charge in [-0.1, -0.05) is 53.7 Å². The molecule has 0 saturated carbocycles. The first-order chi connectivity index (χ1) is 10.6. The smallest absolute Gasteiger partial charge is 0.265 e. The quantitative estimate of drug-likeness (QED) is 0.676. The molecule has 0 radical (unpaired) electrons. The molecular formula is C18H20N2O2. The van der Waals surface area contributed by atoms with Crippen molar-refractivity contribution in [1.29, 1.82) is 0 Å². The lowest BCUT2D eigenvalue weighted by Crippen LogP contribution is -2.18. The number of aryl methyl sites for hydroxylation is 2. The van der Waals surface area contributed by atoms with Crippen LogP contribution in [-0.2, 0) is 9.63 Å². The maximum Gasteiger partial charge on any atom is 0.265 e. The third kappa shape index (κ3) is 4.19. The fourth-order valence-electron chi connectivity index (χ4n) is 2.11. The molecule has 2 aromatic rings. The van der Waals surface area contributed by atoms with Gasteiger partial charge in [-0.15, -0.1) is 0 Å². The zero-order valence-corrected chi connectivity index (χ0v) is 13.1. The van der Waals surface area contributed by atoms with Crippen LogP contribution in [0.2, 0.25) is 0 Å². The number of amides is 1. The Kier molecular flexibility index (Phi) is 5.31. The zero-order chi connectivity index (χ0) is 15.9. The molecule has 0 atom stereocenters. The van der Waals surface area contributed by atoms with E-state index < -0.39 is 0 Å². The van der Waals surface area contributed by atoms with Gasteiger partial charge in [0.15, 0.2) is 6.61 Å². The second-order valence-electron chi connectivity index (χ2n) is 5.13. The molecule has 4 heteroatoms. The van der Waals surface area contributed by atoms with E-state index in [-0.39, 0.29) is 12.5 Å². The maximum absolute atomic E-state index is 11.9. The fourth-order valence-corrected chi connectivity index (χ4v) is 2.11. The molecule has 0 fully saturated rings. The van der Waals surface area contributed by atoms with E-state index in [1.165, 1.54) is 0 Å². The summed E-state index contributed by atoms with van der Waals surface area (Å²) in [5.74, 6) is -0.220. The average molecular weight is 296 g/mol. The van der Waals surface area contributed by atoms with Crippen LogP contribution in [0.15, 0.2) is 53.7 Å². The number of anilines is 1. The summed E-state index contributed by atoms with van der Waals surface area (Å²) >= 11 is 0. The minimum absolute atomic E-state index is 0.113. The molecule has 0 heterocycles. The molecule has 0 saturated heterocycles. The molecule has 1 N–H and O–H groups in total. The number of benzene rings is 2. The highest BCUT2D eigenvalue weighted by Gasteiger charge is 2.07. The van der Waals surface area contributed by atoms with Gasteiger partial charge in [0.2, 0.25) is 0 Å². The highest BCUT2D eigenvalue weighted by atomic mass is 16.6. The van der Waals surface area contributed by atoms with Gasteiger partial charge in [0.05, 0.1) is 5.71 Å². The Hall–Kier alpha value is -2.62. The molecule has 0 aliphatic carbocycles. The predicted molar refractivity (Wildman–Crippen MR) is 89.2 cm³/mol. The number of hydrogen-bond acceptors (Lipinski definition) is 3. The van der Waals surface area contributed by atoms with Crippen molar-refractivity contribution in [3.63, 3.8) is 0 Å². The van der Waals surface area contributed by atoms with E-state index in [0.29, 0.717) is 0 Å². The molecule has 2 rings (SSSR count). The number of hydrogen-bond donors (Lipinski definition) is 1. The molecule has 114 valence electrons. The van der Waals surface area contributed by atoms with Gasteiger partial charge in [-0.05, 0) is 37.5 Å². The van der Waals surface area contributed by atoms with Crippen LogP contribution in [0.25, 0.3) is 0 Å². The second kappa shape index (κ2) is 7.41. The van der Waals surface area contributed by atoms with Crippen LogP contribution in [0.1, 0.15) is 23.6 Å². The van der Waals surface area contributed by atoms with E-state index in [2.05, 4.69) is 10.5 Å². The van der Waals surface area contributed by atoms with Gasteiger partial charge in [0.1, 0.15) is 0 Å². The SMILES string of the molecule is C/C(=N\OCC(=O)Nc1c(C)cccc1C)c1ccccc1. The Morgan fingerprint density at radius 1 is 1.05 bits per heavy atom. The summed E-state index contributed by atoms with van der Waals surface area (Å²) in [5, 5.41) is 6.84. The third-order valence-electron chi connectivity index (χ3n) is 3.33. The zero-order valence-electron chi connectivity index (χ0n) is 13.1. The summed E-state index contributed by atoms with van der Waals surface area (Å²) < 4.78 is 0. The Morgan fingerprint density at radius 3 is 2.32 bits per heavy atom. The van der Waals surface area contributed by atoms with E-state index in [4.69, 9.17) is 4.84 Å². The number of nitrogens with zero attached hydrogens (tertiary/aromatic N) is 1. The predicted octanol–water partition coefficient (Wildman–Crippen LogP) is 3.68. The van der Waals surface area contributed by atoms with E-state index in [9.17, 15) is 4.79 Å². The molecule has 0 unspecified atom stereocenters. The monoisotopic (exact) mass is 296 g/mol. The maximum atomic E-state index is 11.9. The summed E-state index contributed by atoms with van der Waals surface area (Å²) in [6, 6.07) is 15.6. The number of oxime groups is 1. The lowest BCUT2D eigenvalue weighted by Gasteiger charge is -2.10. The number of carbonyl (C=O) groups is 1. The van der Waals surface area contributed by atoms with Crippen molar-refractivity contribution in [1.82, 2.24) is 0 Å². The van der Waals surface area contributed by atoms with Gasteiger partial charge >= 0.3 is 0 Å². The third-order valence-corrected chi connectivity index (χ3v) is 3.33. The van der Waals surface area contributed by atoms with Crippen molar-refractivity contribution in [3.05, 3.63) is 65.2 Å². The standard InChI is InChI=1S/C18H20N2O2/c1-13-8-7-9-14(2)18(13)19-17(21)12-22-20-15(3)16-10-5-4-6-11-16/h4-11H,12H2,1-3H3,(H,19,21)/b20-15+. The molecule has 22 heavy (non-hydrogen) atoms. The van der Waals surface area contributed by atoms with Crippen molar-refractivity contribution < 1.29 is 9.63 Å². The van der Waals surface area contributed by atoms with Crippen LogP contribution >= 0.6 is 0 Å². The number of rotatable bonds is 5. The van der Waals surface area contributed by atoms with Gasteiger partial charge in [-0.3, -0.25) is 4.79 Å². The van der Waals surface area contributed by atoms with E-state index in [1.807, 2.05) is 69.3 Å². The molecular weight excluding hydrogens is 276 g/mol. The first-order valence-corrected chi connectivity index (χ1v) is 7.16. The van der Waals surface area contributed by atoms with Gasteiger partial charge in [-0.25, -0.2) is 0 Å². The first-order valence-electron chi connectivity index (χ1n) is 7.16. The minimum atomic E-state index is -0.220. The van der Waals surface area contributed by atoms with Crippen LogP contribution in [0.3, 0.4) is 0 Å². The second-order valence-corrected chi connectivity index (χ2v) is 5.13. The lowest BCUT2D eigenvalue weighted by atomic mass is 10.1. The van der Waals surface area contributed by atoms with Crippen LogP contribution in [0.5, 0.6) is 0 Å². The average Bonchev–Trinajstić information content (AvgIpc) is 2.52. The molecule has 2 aromatic carbocycles. The molecule has 0 spiro atoms. The van der Waals surface area contributed by atoms with Crippen LogP contribution in [0.4, 0.5) is 5.69 Å². The van der Waals surface area contributed by atoms with Gasteiger partial charge < -0.3 is 10.2 Å². The summed E-state index contributed by atoms with van der Waals surface area (Å²) in [6.07, 6.45) is 0. The van der Waals surface area contributed by atoms with E-state index >= 15 is 0 Å². The van der Waals surface area contributed by atoms with Crippen LogP contribution < -0.4 is 5.32 Å². The number of carbonyl (C=O) groups excluding carboxylic acids is 1. The first kappa shape index (κ1) is 15.8. The number of nitrogens with one attached hydrogen (secondary N) is 1. The van der Waals surface area contributed by atoms with E-state index in [0.717, 1.165) is 28.1 Å². The lowest BCUT2D eigenvalue weighted by molar-refractivity contribution is -0.120. The van der Waals surface area contributed by atoms with Crippen molar-refractivity contribution in [2.45, 2.75) is 20.8 Å². The van der Waals surface area contributed by atoms with Crippen molar-refractivity contribution in [2.75, 3.05) is 11.9 Å². The largest absolute Gasteiger partial charge is 0.385 e.